The maximum absolute atomic E-state index is 10.8. The highest BCUT2D eigenvalue weighted by Gasteiger charge is 2.18. The largest absolute Gasteiger partial charge is 0.358 e. The number of rotatable bonds is 2. The molecule has 0 aliphatic carbocycles. The summed E-state index contributed by atoms with van der Waals surface area (Å²) in [5, 5.41) is 11.8. The second-order valence-electron chi connectivity index (χ2n) is 4.15. The second-order valence-corrected chi connectivity index (χ2v) is 4.15. The van der Waals surface area contributed by atoms with Gasteiger partial charge < -0.3 is 10.1 Å². The molecule has 1 aromatic carbocycles. The first-order chi connectivity index (χ1) is 9.16. The molecule has 0 fully saturated rings. The highest BCUT2D eigenvalue weighted by Crippen LogP contribution is 2.22. The van der Waals surface area contributed by atoms with Crippen LogP contribution in [0, 0.1) is 10.1 Å². The molecule has 0 aliphatic rings. The Hall–Kier alpha value is -2.76. The van der Waals surface area contributed by atoms with Crippen LogP contribution in [0.5, 0.6) is 0 Å². The molecule has 0 saturated carbocycles. The number of nitro groups is 1. The minimum absolute atomic E-state index is 0.0510. The van der Waals surface area contributed by atoms with E-state index in [4.69, 9.17) is 0 Å². The summed E-state index contributed by atoms with van der Waals surface area (Å²) >= 11 is 0. The van der Waals surface area contributed by atoms with Crippen LogP contribution < -0.4 is 0 Å². The molecular formula is C13H10N4O2. The van der Waals surface area contributed by atoms with Crippen molar-refractivity contribution in [3.8, 4) is 11.5 Å². The summed E-state index contributed by atoms with van der Waals surface area (Å²) in [6, 6.07) is 11.4. The van der Waals surface area contributed by atoms with E-state index in [1.54, 1.807) is 7.05 Å². The van der Waals surface area contributed by atoms with Gasteiger partial charge >= 0.3 is 5.82 Å². The van der Waals surface area contributed by atoms with Crippen LogP contribution in [0.15, 0.2) is 42.6 Å². The number of aromatic nitrogens is 3. The van der Waals surface area contributed by atoms with Crippen LogP contribution in [0.3, 0.4) is 0 Å². The number of nitrogens with zero attached hydrogens (tertiary/aromatic N) is 4. The van der Waals surface area contributed by atoms with Crippen molar-refractivity contribution in [2.75, 3.05) is 0 Å². The number of benzene rings is 1. The smallest absolute Gasteiger partial charge is 0.342 e. The topological polar surface area (TPSA) is 73.8 Å². The summed E-state index contributed by atoms with van der Waals surface area (Å²) in [6.45, 7) is 0. The molecule has 3 aromatic rings. The third kappa shape index (κ3) is 1.83. The van der Waals surface area contributed by atoms with Crippen LogP contribution in [0.1, 0.15) is 0 Å². The predicted octanol–water partition coefficient (Wildman–Crippen LogP) is 2.54. The molecular weight excluding hydrogens is 244 g/mol. The number of hydrogen-bond donors (Lipinski definition) is 0. The monoisotopic (exact) mass is 254 g/mol. The lowest BCUT2D eigenvalue weighted by Gasteiger charge is -2.01. The fraction of sp³-hybridized carbons (Fsp3) is 0.0769. The van der Waals surface area contributed by atoms with Gasteiger partial charge in [0.1, 0.15) is 11.9 Å². The molecule has 0 N–H and O–H groups in total. The van der Waals surface area contributed by atoms with Crippen LogP contribution >= 0.6 is 0 Å². The van der Waals surface area contributed by atoms with E-state index in [0.29, 0.717) is 11.5 Å². The zero-order valence-electron chi connectivity index (χ0n) is 10.1. The molecule has 6 heteroatoms. The molecule has 0 unspecified atom stereocenters. The second kappa shape index (κ2) is 4.16. The summed E-state index contributed by atoms with van der Waals surface area (Å²) in [5.41, 5.74) is 1.46. The van der Waals surface area contributed by atoms with Gasteiger partial charge in [-0.1, -0.05) is 24.3 Å². The number of fused-ring (bicyclic) bond motifs is 1. The average molecular weight is 254 g/mol. The van der Waals surface area contributed by atoms with Gasteiger partial charge in [0.25, 0.3) is 0 Å². The fourth-order valence-electron chi connectivity index (χ4n) is 2.00. The molecule has 2 heterocycles. The number of pyridine rings is 1. The standard InChI is InChI=1S/C13H10N4O2/c1-16-12(17(18)19)8-14-13(16)11-7-6-9-4-2-3-5-10(9)15-11/h2-8H,1H3. The Balaban J connectivity index is 2.16. The van der Waals surface area contributed by atoms with Gasteiger partial charge in [-0.05, 0) is 17.1 Å². The molecule has 0 spiro atoms. The minimum atomic E-state index is -0.461. The molecule has 0 saturated heterocycles. The van der Waals surface area contributed by atoms with Crippen molar-refractivity contribution in [2.24, 2.45) is 7.05 Å². The van der Waals surface area contributed by atoms with Gasteiger partial charge in [-0.15, -0.1) is 0 Å². The molecule has 0 radical (unpaired) electrons. The fourth-order valence-corrected chi connectivity index (χ4v) is 2.00. The highest BCUT2D eigenvalue weighted by atomic mass is 16.6. The van der Waals surface area contributed by atoms with Crippen molar-refractivity contribution >= 4 is 16.7 Å². The SMILES string of the molecule is Cn1c([N+](=O)[O-])cnc1-c1ccc2ccccc2n1. The van der Waals surface area contributed by atoms with Crippen molar-refractivity contribution < 1.29 is 4.92 Å². The van der Waals surface area contributed by atoms with Gasteiger partial charge in [0.15, 0.2) is 0 Å². The normalized spacial score (nSPS) is 10.8. The first kappa shape index (κ1) is 11.3. The lowest BCUT2D eigenvalue weighted by Crippen LogP contribution is -1.99. The van der Waals surface area contributed by atoms with E-state index in [1.807, 2.05) is 36.4 Å². The van der Waals surface area contributed by atoms with Gasteiger partial charge in [-0.25, -0.2) is 14.5 Å². The molecule has 6 nitrogen and oxygen atoms in total. The van der Waals surface area contributed by atoms with E-state index in [9.17, 15) is 10.1 Å². The number of hydrogen-bond acceptors (Lipinski definition) is 4. The van der Waals surface area contributed by atoms with Crippen LogP contribution in [-0.2, 0) is 7.05 Å². The Kier molecular flexibility index (Phi) is 2.49. The van der Waals surface area contributed by atoms with E-state index >= 15 is 0 Å². The molecule has 3 rings (SSSR count). The Labute approximate surface area is 108 Å². The van der Waals surface area contributed by atoms with Gasteiger partial charge in [0, 0.05) is 5.39 Å². The van der Waals surface area contributed by atoms with Gasteiger partial charge in [0.2, 0.25) is 5.82 Å². The summed E-state index contributed by atoms with van der Waals surface area (Å²) in [5.74, 6) is 0.433. The van der Waals surface area contributed by atoms with Crippen LogP contribution in [0.2, 0.25) is 0 Å². The third-order valence-corrected chi connectivity index (χ3v) is 2.98. The molecule has 94 valence electrons. The molecule has 19 heavy (non-hydrogen) atoms. The van der Waals surface area contributed by atoms with Gasteiger partial charge in [-0.3, -0.25) is 0 Å². The number of para-hydroxylation sites is 1. The zero-order chi connectivity index (χ0) is 13.4. The Bertz CT molecular complexity index is 779. The molecule has 0 amide bonds. The number of imidazole rings is 1. The quantitative estimate of drug-likeness (QED) is 0.520. The summed E-state index contributed by atoms with van der Waals surface area (Å²) in [7, 11) is 1.61. The van der Waals surface area contributed by atoms with Gasteiger partial charge in [-0.2, -0.15) is 0 Å². The Morgan fingerprint density at radius 3 is 2.74 bits per heavy atom. The van der Waals surface area contributed by atoms with E-state index in [-0.39, 0.29) is 5.82 Å². The van der Waals surface area contributed by atoms with Crippen LogP contribution in [0.25, 0.3) is 22.4 Å². The van der Waals surface area contributed by atoms with Crippen molar-refractivity contribution in [1.82, 2.24) is 14.5 Å². The lowest BCUT2D eigenvalue weighted by atomic mass is 10.2. The molecule has 0 aliphatic heterocycles. The highest BCUT2D eigenvalue weighted by molar-refractivity contribution is 5.80. The first-order valence-corrected chi connectivity index (χ1v) is 5.69. The zero-order valence-corrected chi connectivity index (χ0v) is 10.1. The lowest BCUT2D eigenvalue weighted by molar-refractivity contribution is -0.391. The van der Waals surface area contributed by atoms with Crippen molar-refractivity contribution in [3.05, 3.63) is 52.7 Å². The van der Waals surface area contributed by atoms with Crippen LogP contribution in [0.4, 0.5) is 5.82 Å². The van der Waals surface area contributed by atoms with Crippen LogP contribution in [-0.4, -0.2) is 19.5 Å². The first-order valence-electron chi connectivity index (χ1n) is 5.69. The average Bonchev–Trinajstić information content (AvgIpc) is 2.80. The summed E-state index contributed by atoms with van der Waals surface area (Å²) < 4.78 is 1.43. The molecule has 2 aromatic heterocycles. The Morgan fingerprint density at radius 1 is 1.21 bits per heavy atom. The van der Waals surface area contributed by atoms with Crippen molar-refractivity contribution in [1.29, 1.82) is 0 Å². The maximum atomic E-state index is 10.8. The minimum Gasteiger partial charge on any atom is -0.358 e. The molecule has 0 bridgehead atoms. The predicted molar refractivity (Wildman–Crippen MR) is 70.6 cm³/mol. The summed E-state index contributed by atoms with van der Waals surface area (Å²) in [6.07, 6.45) is 1.24. The van der Waals surface area contributed by atoms with E-state index < -0.39 is 4.92 Å². The van der Waals surface area contributed by atoms with Crippen molar-refractivity contribution in [2.45, 2.75) is 0 Å². The van der Waals surface area contributed by atoms with Gasteiger partial charge in [0.05, 0.1) is 12.6 Å². The maximum Gasteiger partial charge on any atom is 0.342 e. The van der Waals surface area contributed by atoms with E-state index in [0.717, 1.165) is 10.9 Å². The third-order valence-electron chi connectivity index (χ3n) is 2.98. The van der Waals surface area contributed by atoms with E-state index in [2.05, 4.69) is 9.97 Å². The summed E-state index contributed by atoms with van der Waals surface area (Å²) in [4.78, 5) is 18.9. The van der Waals surface area contributed by atoms with Crippen molar-refractivity contribution in [3.63, 3.8) is 0 Å². The van der Waals surface area contributed by atoms with E-state index in [1.165, 1.54) is 10.8 Å². The molecule has 0 atom stereocenters. The Morgan fingerprint density at radius 2 is 2.00 bits per heavy atom.